The number of carbonyl (C=O) groups is 1. The summed E-state index contributed by atoms with van der Waals surface area (Å²) < 4.78 is 72.5. The molecule has 12 heteroatoms. The second-order valence-electron chi connectivity index (χ2n) is 6.19. The highest BCUT2D eigenvalue weighted by atomic mass is 35.5. The zero-order valence-corrected chi connectivity index (χ0v) is 16.9. The van der Waals surface area contributed by atoms with E-state index in [-0.39, 0.29) is 47.5 Å². The van der Waals surface area contributed by atoms with E-state index in [4.69, 9.17) is 16.3 Å². The Morgan fingerprint density at radius 2 is 1.73 bits per heavy atom. The number of nitrogens with zero attached hydrogens (tertiary/aromatic N) is 1. The quantitative estimate of drug-likeness (QED) is 0.732. The molecule has 0 aromatic heterocycles. The summed E-state index contributed by atoms with van der Waals surface area (Å²) in [6.07, 6.45) is -4.82. The van der Waals surface area contributed by atoms with Gasteiger partial charge in [0.2, 0.25) is 10.0 Å². The maximum absolute atomic E-state index is 12.8. The van der Waals surface area contributed by atoms with Crippen LogP contribution in [-0.4, -0.2) is 51.3 Å². The molecule has 2 aromatic rings. The first-order chi connectivity index (χ1) is 14.1. The molecule has 1 N–H and O–H groups in total. The number of benzene rings is 2. The number of alkyl halides is 3. The number of rotatable bonds is 5. The van der Waals surface area contributed by atoms with E-state index < -0.39 is 28.0 Å². The second kappa shape index (κ2) is 8.80. The first kappa shape index (κ1) is 22.3. The lowest BCUT2D eigenvalue weighted by molar-refractivity contribution is -0.274. The first-order valence-corrected chi connectivity index (χ1v) is 10.4. The number of anilines is 1. The molecule has 0 unspecified atom stereocenters. The smallest absolute Gasteiger partial charge is 0.406 e. The summed E-state index contributed by atoms with van der Waals surface area (Å²) in [4.78, 5) is 12.3. The molecule has 0 spiro atoms. The zero-order chi connectivity index (χ0) is 21.9. The number of hydrogen-bond acceptors (Lipinski definition) is 5. The molecule has 1 heterocycles. The lowest BCUT2D eigenvalue weighted by Gasteiger charge is -2.26. The minimum atomic E-state index is -4.82. The van der Waals surface area contributed by atoms with Crippen LogP contribution in [0.15, 0.2) is 47.4 Å². The highest BCUT2D eigenvalue weighted by molar-refractivity contribution is 7.89. The van der Waals surface area contributed by atoms with E-state index in [9.17, 15) is 26.4 Å². The van der Waals surface area contributed by atoms with Gasteiger partial charge >= 0.3 is 6.36 Å². The topological polar surface area (TPSA) is 84.9 Å². The fourth-order valence-electron chi connectivity index (χ4n) is 2.71. The Bertz CT molecular complexity index is 1020. The van der Waals surface area contributed by atoms with Crippen LogP contribution in [0.5, 0.6) is 5.75 Å². The molecular weight excluding hydrogens is 449 g/mol. The number of carbonyl (C=O) groups excluding carboxylic acids is 1. The van der Waals surface area contributed by atoms with Crippen molar-refractivity contribution in [2.45, 2.75) is 11.3 Å². The average Bonchev–Trinajstić information content (AvgIpc) is 2.69. The van der Waals surface area contributed by atoms with Crippen LogP contribution in [0.4, 0.5) is 18.9 Å². The van der Waals surface area contributed by atoms with Crippen LogP contribution in [0, 0.1) is 0 Å². The van der Waals surface area contributed by atoms with E-state index >= 15 is 0 Å². The molecular formula is C18H16ClF3N2O5S. The van der Waals surface area contributed by atoms with Crippen molar-refractivity contribution in [3.8, 4) is 5.75 Å². The maximum Gasteiger partial charge on any atom is 0.573 e. The first-order valence-electron chi connectivity index (χ1n) is 8.61. The fraction of sp³-hybridized carbons (Fsp3) is 0.278. The van der Waals surface area contributed by atoms with Crippen molar-refractivity contribution in [2.24, 2.45) is 0 Å². The molecule has 7 nitrogen and oxygen atoms in total. The molecule has 1 amide bonds. The van der Waals surface area contributed by atoms with E-state index in [1.54, 1.807) is 0 Å². The van der Waals surface area contributed by atoms with Crippen molar-refractivity contribution >= 4 is 33.2 Å². The Morgan fingerprint density at radius 3 is 2.33 bits per heavy atom. The minimum Gasteiger partial charge on any atom is -0.406 e. The van der Waals surface area contributed by atoms with Crippen molar-refractivity contribution in [3.63, 3.8) is 0 Å². The maximum atomic E-state index is 12.8. The van der Waals surface area contributed by atoms with E-state index in [1.807, 2.05) is 0 Å². The molecule has 1 fully saturated rings. The molecule has 0 bridgehead atoms. The van der Waals surface area contributed by atoms with Gasteiger partial charge < -0.3 is 14.8 Å². The molecule has 0 atom stereocenters. The van der Waals surface area contributed by atoms with E-state index in [0.717, 1.165) is 18.2 Å². The SMILES string of the molecule is O=C(Nc1ccc(OC(F)(F)F)cc1)c1ccc(Cl)c(S(=O)(=O)N2CCOCC2)c1. The van der Waals surface area contributed by atoms with Crippen LogP contribution in [0.25, 0.3) is 0 Å². The molecule has 1 aliphatic rings. The second-order valence-corrected chi connectivity index (χ2v) is 8.50. The number of morpholine rings is 1. The molecule has 3 rings (SSSR count). The molecule has 1 saturated heterocycles. The van der Waals surface area contributed by atoms with E-state index in [2.05, 4.69) is 10.1 Å². The Hall–Kier alpha value is -2.34. The van der Waals surface area contributed by atoms with Gasteiger partial charge in [0.15, 0.2) is 0 Å². The fourth-order valence-corrected chi connectivity index (χ4v) is 4.62. The predicted octanol–water partition coefficient (Wildman–Crippen LogP) is 3.51. The molecule has 0 aliphatic carbocycles. The van der Waals surface area contributed by atoms with Gasteiger partial charge in [-0.3, -0.25) is 4.79 Å². The van der Waals surface area contributed by atoms with Crippen LogP contribution >= 0.6 is 11.6 Å². The van der Waals surface area contributed by atoms with Gasteiger partial charge in [-0.2, -0.15) is 4.31 Å². The van der Waals surface area contributed by atoms with Gasteiger partial charge in [-0.05, 0) is 42.5 Å². The third kappa shape index (κ3) is 5.42. The van der Waals surface area contributed by atoms with Crippen LogP contribution in [0.3, 0.4) is 0 Å². The Kier molecular flexibility index (Phi) is 6.56. The summed E-state index contributed by atoms with van der Waals surface area (Å²) in [7, 11) is -3.93. The number of halogens is 4. The Labute approximate surface area is 175 Å². The molecule has 0 saturated carbocycles. The Morgan fingerprint density at radius 1 is 1.10 bits per heavy atom. The van der Waals surface area contributed by atoms with Gasteiger partial charge in [0.1, 0.15) is 10.6 Å². The zero-order valence-electron chi connectivity index (χ0n) is 15.3. The molecule has 162 valence electrons. The van der Waals surface area contributed by atoms with Gasteiger partial charge in [0.25, 0.3) is 5.91 Å². The molecule has 0 radical (unpaired) electrons. The average molecular weight is 465 g/mol. The summed E-state index contributed by atoms with van der Waals surface area (Å²) in [6.45, 7) is 0.846. The van der Waals surface area contributed by atoms with Crippen molar-refractivity contribution in [2.75, 3.05) is 31.6 Å². The van der Waals surface area contributed by atoms with Crippen molar-refractivity contribution in [1.82, 2.24) is 4.31 Å². The third-order valence-electron chi connectivity index (χ3n) is 4.13. The van der Waals surface area contributed by atoms with Gasteiger partial charge in [0, 0.05) is 24.3 Å². The normalized spacial score (nSPS) is 15.6. The highest BCUT2D eigenvalue weighted by Crippen LogP contribution is 2.28. The van der Waals surface area contributed by atoms with Crippen LogP contribution < -0.4 is 10.1 Å². The molecule has 2 aromatic carbocycles. The van der Waals surface area contributed by atoms with Crippen LogP contribution in [0.1, 0.15) is 10.4 Å². The van der Waals surface area contributed by atoms with Gasteiger partial charge in [-0.15, -0.1) is 13.2 Å². The predicted molar refractivity (Wildman–Crippen MR) is 102 cm³/mol. The molecule has 1 aliphatic heterocycles. The van der Waals surface area contributed by atoms with Crippen LogP contribution in [-0.2, 0) is 14.8 Å². The summed E-state index contributed by atoms with van der Waals surface area (Å²) >= 11 is 6.06. The molecule has 30 heavy (non-hydrogen) atoms. The lowest BCUT2D eigenvalue weighted by Crippen LogP contribution is -2.40. The van der Waals surface area contributed by atoms with Crippen molar-refractivity contribution in [1.29, 1.82) is 0 Å². The summed E-state index contributed by atoms with van der Waals surface area (Å²) in [5, 5.41) is 2.44. The number of hydrogen-bond donors (Lipinski definition) is 1. The van der Waals surface area contributed by atoms with Gasteiger partial charge in [-0.25, -0.2) is 8.42 Å². The number of sulfonamides is 1. The van der Waals surface area contributed by atoms with Gasteiger partial charge in [0.05, 0.1) is 18.2 Å². The van der Waals surface area contributed by atoms with E-state index in [1.165, 1.54) is 28.6 Å². The van der Waals surface area contributed by atoms with Crippen LogP contribution in [0.2, 0.25) is 5.02 Å². The Balaban J connectivity index is 1.78. The van der Waals surface area contributed by atoms with Crippen molar-refractivity contribution in [3.05, 3.63) is 53.1 Å². The summed E-state index contributed by atoms with van der Waals surface area (Å²) in [5.41, 5.74) is 0.212. The third-order valence-corrected chi connectivity index (χ3v) is 6.51. The number of nitrogens with one attached hydrogen (secondary N) is 1. The minimum absolute atomic E-state index is 0.0156. The largest absolute Gasteiger partial charge is 0.573 e. The van der Waals surface area contributed by atoms with E-state index in [0.29, 0.717) is 0 Å². The highest BCUT2D eigenvalue weighted by Gasteiger charge is 2.31. The monoisotopic (exact) mass is 464 g/mol. The number of ether oxygens (including phenoxy) is 2. The standard InChI is InChI=1S/C18H16ClF3N2O5S/c19-15-6-1-12(11-16(15)30(26,27)24-7-9-28-10-8-24)17(25)23-13-2-4-14(5-3-13)29-18(20,21)22/h1-6,11H,7-10H2,(H,23,25). The summed E-state index contributed by atoms with van der Waals surface area (Å²) in [6, 6.07) is 8.32. The number of amides is 1. The van der Waals surface area contributed by atoms with Crippen molar-refractivity contribution < 1.29 is 35.9 Å². The lowest BCUT2D eigenvalue weighted by atomic mass is 10.2. The summed E-state index contributed by atoms with van der Waals surface area (Å²) in [5.74, 6) is -1.10. The van der Waals surface area contributed by atoms with Gasteiger partial charge in [-0.1, -0.05) is 11.6 Å².